The number of rotatable bonds is 5. The summed E-state index contributed by atoms with van der Waals surface area (Å²) in [6, 6.07) is 3.57. The van der Waals surface area contributed by atoms with Crippen LogP contribution in [0.1, 0.15) is 32.9 Å². The summed E-state index contributed by atoms with van der Waals surface area (Å²) in [5, 5.41) is 2.83. The first kappa shape index (κ1) is 15.0. The van der Waals surface area contributed by atoms with E-state index in [1.54, 1.807) is 19.9 Å². The topological polar surface area (TPSA) is 51.2 Å². The van der Waals surface area contributed by atoms with E-state index in [4.69, 9.17) is 4.74 Å². The second kappa shape index (κ2) is 6.18. The zero-order valence-electron chi connectivity index (χ0n) is 11.2. The molecular formula is C13H19BrN2O2. The summed E-state index contributed by atoms with van der Waals surface area (Å²) in [5.74, 6) is 0.486. The summed E-state index contributed by atoms with van der Waals surface area (Å²) in [6.07, 6.45) is 0.941. The molecule has 0 atom stereocenters. The number of alkyl halides is 1. The number of aryl methyl sites for hydroxylation is 1. The van der Waals surface area contributed by atoms with Crippen molar-refractivity contribution in [2.45, 2.75) is 38.4 Å². The lowest BCUT2D eigenvalue weighted by Crippen LogP contribution is -2.31. The van der Waals surface area contributed by atoms with Crippen LogP contribution in [0.25, 0.3) is 0 Å². The van der Waals surface area contributed by atoms with E-state index < -0.39 is 4.32 Å². The fourth-order valence-electron chi connectivity index (χ4n) is 1.23. The number of anilines is 1. The lowest BCUT2D eigenvalue weighted by atomic mass is 10.2. The van der Waals surface area contributed by atoms with Crippen molar-refractivity contribution in [3.8, 4) is 5.88 Å². The average Bonchev–Trinajstić information content (AvgIpc) is 2.28. The van der Waals surface area contributed by atoms with Crippen molar-refractivity contribution in [1.82, 2.24) is 4.98 Å². The molecule has 0 radical (unpaired) electrons. The summed E-state index contributed by atoms with van der Waals surface area (Å²) in [7, 11) is 0. The second-order valence-electron chi connectivity index (χ2n) is 4.56. The fraction of sp³-hybridized carbons (Fsp3) is 0.538. The maximum Gasteiger partial charge on any atom is 0.240 e. The third-order valence-corrected chi connectivity index (χ3v) is 2.66. The molecule has 1 rings (SSSR count). The van der Waals surface area contributed by atoms with Crippen molar-refractivity contribution in [2.24, 2.45) is 0 Å². The Morgan fingerprint density at radius 3 is 2.67 bits per heavy atom. The average molecular weight is 315 g/mol. The number of nitrogens with zero attached hydrogens (tertiary/aromatic N) is 1. The van der Waals surface area contributed by atoms with Gasteiger partial charge >= 0.3 is 0 Å². The third kappa shape index (κ3) is 4.29. The lowest BCUT2D eigenvalue weighted by Gasteiger charge is -2.17. The molecule has 18 heavy (non-hydrogen) atoms. The van der Waals surface area contributed by atoms with Crippen molar-refractivity contribution in [3.05, 3.63) is 17.8 Å². The van der Waals surface area contributed by atoms with Gasteiger partial charge in [-0.2, -0.15) is 0 Å². The molecule has 100 valence electrons. The van der Waals surface area contributed by atoms with E-state index in [1.165, 1.54) is 0 Å². The van der Waals surface area contributed by atoms with Gasteiger partial charge in [0.25, 0.3) is 0 Å². The van der Waals surface area contributed by atoms with Crippen molar-refractivity contribution in [3.63, 3.8) is 0 Å². The highest BCUT2D eigenvalue weighted by Crippen LogP contribution is 2.22. The predicted octanol–water partition coefficient (Wildman–Crippen LogP) is 3.29. The number of aromatic nitrogens is 1. The minimum atomic E-state index is -0.600. The van der Waals surface area contributed by atoms with Crippen molar-refractivity contribution < 1.29 is 9.53 Å². The quantitative estimate of drug-likeness (QED) is 0.848. The van der Waals surface area contributed by atoms with Gasteiger partial charge < -0.3 is 10.1 Å². The van der Waals surface area contributed by atoms with E-state index in [-0.39, 0.29) is 5.91 Å². The van der Waals surface area contributed by atoms with Crippen molar-refractivity contribution >= 4 is 27.5 Å². The van der Waals surface area contributed by atoms with Gasteiger partial charge in [-0.15, -0.1) is 0 Å². The molecule has 1 heterocycles. The SMILES string of the molecule is CCCOc1ccc(NC(=O)C(C)(C)Br)c(C)n1. The number of nitrogens with one attached hydrogen (secondary N) is 1. The maximum absolute atomic E-state index is 11.8. The molecule has 0 aromatic carbocycles. The molecular weight excluding hydrogens is 296 g/mol. The molecule has 0 fully saturated rings. The van der Waals surface area contributed by atoms with Crippen LogP contribution in [0.15, 0.2) is 12.1 Å². The number of carbonyl (C=O) groups excluding carboxylic acids is 1. The Bertz CT molecular complexity index is 427. The van der Waals surface area contributed by atoms with Crippen LogP contribution in [0.4, 0.5) is 5.69 Å². The molecule has 0 bridgehead atoms. The van der Waals surface area contributed by atoms with Crippen LogP contribution >= 0.6 is 15.9 Å². The van der Waals surface area contributed by atoms with Gasteiger partial charge in [-0.05, 0) is 33.3 Å². The largest absolute Gasteiger partial charge is 0.478 e. The molecule has 0 aliphatic rings. The molecule has 0 saturated heterocycles. The molecule has 0 saturated carbocycles. The van der Waals surface area contributed by atoms with Gasteiger partial charge in [-0.3, -0.25) is 4.79 Å². The van der Waals surface area contributed by atoms with Gasteiger partial charge in [-0.1, -0.05) is 22.9 Å². The van der Waals surface area contributed by atoms with Gasteiger partial charge in [0.1, 0.15) is 0 Å². The van der Waals surface area contributed by atoms with Crippen LogP contribution in [0.5, 0.6) is 5.88 Å². The first-order valence-electron chi connectivity index (χ1n) is 5.95. The van der Waals surface area contributed by atoms with E-state index in [2.05, 4.69) is 26.2 Å². The fourth-order valence-corrected chi connectivity index (χ4v) is 1.33. The van der Waals surface area contributed by atoms with Crippen molar-refractivity contribution in [2.75, 3.05) is 11.9 Å². The first-order chi connectivity index (χ1) is 8.34. The maximum atomic E-state index is 11.8. The van der Waals surface area contributed by atoms with Crippen LogP contribution in [0.2, 0.25) is 0 Å². The Kier molecular flexibility index (Phi) is 5.14. The highest BCUT2D eigenvalue weighted by molar-refractivity contribution is 9.10. The van der Waals surface area contributed by atoms with E-state index in [9.17, 15) is 4.79 Å². The molecule has 1 aromatic heterocycles. The van der Waals surface area contributed by atoms with Crippen LogP contribution in [0, 0.1) is 6.92 Å². The summed E-state index contributed by atoms with van der Waals surface area (Å²) >= 11 is 3.32. The molecule has 0 aliphatic carbocycles. The van der Waals surface area contributed by atoms with E-state index in [0.29, 0.717) is 18.2 Å². The van der Waals surface area contributed by atoms with E-state index in [1.807, 2.05) is 19.9 Å². The van der Waals surface area contributed by atoms with Crippen LogP contribution in [0.3, 0.4) is 0 Å². The second-order valence-corrected chi connectivity index (χ2v) is 6.54. The normalized spacial score (nSPS) is 11.2. The van der Waals surface area contributed by atoms with E-state index >= 15 is 0 Å². The zero-order valence-corrected chi connectivity index (χ0v) is 12.8. The van der Waals surface area contributed by atoms with Crippen molar-refractivity contribution in [1.29, 1.82) is 0 Å². The molecule has 1 aromatic rings. The van der Waals surface area contributed by atoms with Gasteiger partial charge in [-0.25, -0.2) is 4.98 Å². The standard InChI is InChI=1S/C13H19BrN2O2/c1-5-8-18-11-7-6-10(9(2)15-11)16-12(17)13(3,4)14/h6-7H,5,8H2,1-4H3,(H,16,17). The third-order valence-electron chi connectivity index (χ3n) is 2.30. The van der Waals surface area contributed by atoms with Gasteiger partial charge in [0.05, 0.1) is 22.3 Å². The molecule has 1 amide bonds. The number of amides is 1. The van der Waals surface area contributed by atoms with Gasteiger partial charge in [0.15, 0.2) is 0 Å². The Hall–Kier alpha value is -1.10. The number of ether oxygens (including phenoxy) is 1. The minimum absolute atomic E-state index is 0.102. The Labute approximate surface area is 116 Å². The number of hydrogen-bond donors (Lipinski definition) is 1. The Morgan fingerprint density at radius 1 is 1.50 bits per heavy atom. The Morgan fingerprint density at radius 2 is 2.17 bits per heavy atom. The van der Waals surface area contributed by atoms with Gasteiger partial charge in [0, 0.05) is 6.07 Å². The molecule has 0 spiro atoms. The van der Waals surface area contributed by atoms with Crippen LogP contribution in [-0.2, 0) is 4.79 Å². The number of halogens is 1. The smallest absolute Gasteiger partial charge is 0.240 e. The first-order valence-corrected chi connectivity index (χ1v) is 6.74. The number of pyridine rings is 1. The highest BCUT2D eigenvalue weighted by atomic mass is 79.9. The van der Waals surface area contributed by atoms with Gasteiger partial charge in [0.2, 0.25) is 11.8 Å². The predicted molar refractivity (Wildman–Crippen MR) is 76.4 cm³/mol. The number of carbonyl (C=O) groups is 1. The minimum Gasteiger partial charge on any atom is -0.478 e. The highest BCUT2D eigenvalue weighted by Gasteiger charge is 2.24. The lowest BCUT2D eigenvalue weighted by molar-refractivity contribution is -0.117. The molecule has 5 heteroatoms. The molecule has 4 nitrogen and oxygen atoms in total. The molecule has 0 unspecified atom stereocenters. The van der Waals surface area contributed by atoms with Crippen LogP contribution < -0.4 is 10.1 Å². The summed E-state index contributed by atoms with van der Waals surface area (Å²) in [4.78, 5) is 16.1. The molecule has 0 aliphatic heterocycles. The van der Waals surface area contributed by atoms with Crippen LogP contribution in [-0.4, -0.2) is 21.8 Å². The zero-order chi connectivity index (χ0) is 13.8. The monoisotopic (exact) mass is 314 g/mol. The van der Waals surface area contributed by atoms with E-state index in [0.717, 1.165) is 12.1 Å². The summed E-state index contributed by atoms with van der Waals surface area (Å²) in [6.45, 7) is 8.12. The Balaban J connectivity index is 2.77. The summed E-state index contributed by atoms with van der Waals surface area (Å²) in [5.41, 5.74) is 1.45. The number of hydrogen-bond acceptors (Lipinski definition) is 3. The molecule has 1 N–H and O–H groups in total. The summed E-state index contributed by atoms with van der Waals surface area (Å²) < 4.78 is 4.83.